The number of imide groups is 1. The van der Waals surface area contributed by atoms with Crippen molar-refractivity contribution in [3.63, 3.8) is 0 Å². The summed E-state index contributed by atoms with van der Waals surface area (Å²) < 4.78 is 0.988. The smallest absolute Gasteiger partial charge is 0.325 e. The summed E-state index contributed by atoms with van der Waals surface area (Å²) in [7, 11) is 0. The average Bonchev–Trinajstić information content (AvgIpc) is 2.66. The summed E-state index contributed by atoms with van der Waals surface area (Å²) in [6, 6.07) is 6.26. The summed E-state index contributed by atoms with van der Waals surface area (Å²) in [5, 5.41) is 5.31. The summed E-state index contributed by atoms with van der Waals surface area (Å²) in [6.07, 6.45) is 0.569. The normalized spacial score (nSPS) is 17.8. The van der Waals surface area contributed by atoms with E-state index in [0.29, 0.717) is 12.1 Å². The molecule has 1 aliphatic heterocycles. The first kappa shape index (κ1) is 16.7. The second kappa shape index (κ2) is 7.08. The van der Waals surface area contributed by atoms with Crippen LogP contribution >= 0.6 is 22.6 Å². The molecule has 118 valence electrons. The predicted molar refractivity (Wildman–Crippen MR) is 91.3 cm³/mol. The Labute approximate surface area is 142 Å². The van der Waals surface area contributed by atoms with Gasteiger partial charge in [0.05, 0.1) is 0 Å². The lowest BCUT2D eigenvalue weighted by Gasteiger charge is -2.13. The fraction of sp³-hybridized carbons (Fsp3) is 0.400. The number of halogens is 1. The van der Waals surface area contributed by atoms with Crippen LogP contribution in [0.4, 0.5) is 10.5 Å². The maximum Gasteiger partial charge on any atom is 0.325 e. The molecule has 0 spiro atoms. The highest BCUT2D eigenvalue weighted by Crippen LogP contribution is 2.15. The van der Waals surface area contributed by atoms with E-state index in [-0.39, 0.29) is 18.4 Å². The van der Waals surface area contributed by atoms with Crippen LogP contribution < -0.4 is 10.6 Å². The minimum absolute atomic E-state index is 0.273. The maximum absolute atomic E-state index is 12.2. The van der Waals surface area contributed by atoms with Gasteiger partial charge in [0.25, 0.3) is 5.91 Å². The Bertz CT molecular complexity index is 603. The molecule has 6 nitrogen and oxygen atoms in total. The Morgan fingerprint density at radius 1 is 1.41 bits per heavy atom. The van der Waals surface area contributed by atoms with Crippen LogP contribution in [0.25, 0.3) is 0 Å². The fourth-order valence-electron chi connectivity index (χ4n) is 2.27. The van der Waals surface area contributed by atoms with E-state index in [9.17, 15) is 14.4 Å². The highest BCUT2D eigenvalue weighted by molar-refractivity contribution is 14.1. The van der Waals surface area contributed by atoms with Crippen LogP contribution in [0.3, 0.4) is 0 Å². The highest BCUT2D eigenvalue weighted by Gasteiger charge is 2.38. The van der Waals surface area contributed by atoms with Crippen LogP contribution in [0.1, 0.15) is 20.3 Å². The van der Waals surface area contributed by atoms with E-state index < -0.39 is 18.0 Å². The molecule has 2 N–H and O–H groups in total. The Morgan fingerprint density at radius 3 is 2.77 bits per heavy atom. The van der Waals surface area contributed by atoms with E-state index in [1.165, 1.54) is 0 Å². The van der Waals surface area contributed by atoms with Crippen molar-refractivity contribution in [2.75, 3.05) is 11.9 Å². The third-order valence-electron chi connectivity index (χ3n) is 3.22. The van der Waals surface area contributed by atoms with Crippen LogP contribution in [0.15, 0.2) is 24.3 Å². The largest absolute Gasteiger partial charge is 0.326 e. The molecule has 4 amide bonds. The van der Waals surface area contributed by atoms with E-state index in [1.54, 1.807) is 6.07 Å². The van der Waals surface area contributed by atoms with Gasteiger partial charge in [-0.1, -0.05) is 19.9 Å². The number of hydrogen-bond acceptors (Lipinski definition) is 3. The van der Waals surface area contributed by atoms with Crippen molar-refractivity contribution in [1.82, 2.24) is 10.2 Å². The van der Waals surface area contributed by atoms with E-state index in [2.05, 4.69) is 33.2 Å². The van der Waals surface area contributed by atoms with E-state index in [0.717, 1.165) is 8.47 Å². The van der Waals surface area contributed by atoms with Crippen molar-refractivity contribution in [3.05, 3.63) is 27.8 Å². The van der Waals surface area contributed by atoms with Gasteiger partial charge in [0.1, 0.15) is 12.6 Å². The lowest BCUT2D eigenvalue weighted by atomic mass is 10.0. The molecule has 7 heteroatoms. The number of carbonyl (C=O) groups is 3. The van der Waals surface area contributed by atoms with Gasteiger partial charge in [-0.3, -0.25) is 14.5 Å². The Balaban J connectivity index is 1.96. The van der Waals surface area contributed by atoms with Crippen LogP contribution in [-0.4, -0.2) is 35.3 Å². The quantitative estimate of drug-likeness (QED) is 0.572. The zero-order valence-corrected chi connectivity index (χ0v) is 14.6. The highest BCUT2D eigenvalue weighted by atomic mass is 127. The van der Waals surface area contributed by atoms with Crippen molar-refractivity contribution in [2.45, 2.75) is 26.3 Å². The molecule has 2 rings (SSSR count). The molecule has 22 heavy (non-hydrogen) atoms. The third-order valence-corrected chi connectivity index (χ3v) is 3.90. The third kappa shape index (κ3) is 4.19. The second-order valence-corrected chi connectivity index (χ2v) is 6.86. The SMILES string of the molecule is CC(C)C[C@@H]1NC(=O)N(CC(=O)Nc2cccc(I)c2)C1=O. The second-order valence-electron chi connectivity index (χ2n) is 5.61. The number of urea groups is 1. The molecule has 1 saturated heterocycles. The fourth-order valence-corrected chi connectivity index (χ4v) is 2.81. The summed E-state index contributed by atoms with van der Waals surface area (Å²) in [5.41, 5.74) is 0.641. The van der Waals surface area contributed by atoms with Gasteiger partial charge in [-0.25, -0.2) is 4.79 Å². The molecule has 1 aliphatic rings. The summed E-state index contributed by atoms with van der Waals surface area (Å²) >= 11 is 2.14. The van der Waals surface area contributed by atoms with Crippen LogP contribution in [0.2, 0.25) is 0 Å². The topological polar surface area (TPSA) is 78.5 Å². The van der Waals surface area contributed by atoms with Crippen molar-refractivity contribution in [3.8, 4) is 0 Å². The van der Waals surface area contributed by atoms with Gasteiger partial charge in [0, 0.05) is 9.26 Å². The standard InChI is InChI=1S/C15H18IN3O3/c1-9(2)6-12-14(21)19(15(22)18-12)8-13(20)17-11-5-3-4-10(16)7-11/h3-5,7,9,12H,6,8H2,1-2H3,(H,17,20)(H,18,22)/t12-/m0/s1. The lowest BCUT2D eigenvalue weighted by molar-refractivity contribution is -0.131. The zero-order chi connectivity index (χ0) is 16.3. The Hall–Kier alpha value is -1.64. The van der Waals surface area contributed by atoms with Crippen LogP contribution in [0, 0.1) is 9.49 Å². The minimum atomic E-state index is -0.530. The Kier molecular flexibility index (Phi) is 5.38. The minimum Gasteiger partial charge on any atom is -0.326 e. The number of nitrogens with one attached hydrogen (secondary N) is 2. The average molecular weight is 415 g/mol. The summed E-state index contributed by atoms with van der Waals surface area (Å²) in [5.74, 6) is -0.443. The molecule has 1 aromatic carbocycles. The van der Waals surface area contributed by atoms with Gasteiger partial charge < -0.3 is 10.6 Å². The number of carbonyl (C=O) groups excluding carboxylic acids is 3. The van der Waals surface area contributed by atoms with Gasteiger partial charge in [-0.05, 0) is 53.1 Å². The molecule has 1 atom stereocenters. The Morgan fingerprint density at radius 2 is 2.14 bits per heavy atom. The van der Waals surface area contributed by atoms with Gasteiger partial charge in [-0.2, -0.15) is 0 Å². The first-order valence-electron chi connectivity index (χ1n) is 7.04. The monoisotopic (exact) mass is 415 g/mol. The lowest BCUT2D eigenvalue weighted by Crippen LogP contribution is -2.38. The molecular formula is C15H18IN3O3. The zero-order valence-electron chi connectivity index (χ0n) is 12.4. The van der Waals surface area contributed by atoms with E-state index >= 15 is 0 Å². The van der Waals surface area contributed by atoms with Gasteiger partial charge in [0.2, 0.25) is 5.91 Å². The van der Waals surface area contributed by atoms with Gasteiger partial charge >= 0.3 is 6.03 Å². The van der Waals surface area contributed by atoms with Gasteiger partial charge in [-0.15, -0.1) is 0 Å². The molecule has 1 fully saturated rings. The van der Waals surface area contributed by atoms with Crippen LogP contribution in [-0.2, 0) is 9.59 Å². The number of rotatable bonds is 5. The number of nitrogens with zero attached hydrogens (tertiary/aromatic N) is 1. The number of anilines is 1. The molecule has 0 saturated carbocycles. The molecule has 0 radical (unpaired) electrons. The van der Waals surface area contributed by atoms with Crippen molar-refractivity contribution >= 4 is 46.1 Å². The number of benzene rings is 1. The molecule has 0 aromatic heterocycles. The molecule has 0 unspecified atom stereocenters. The maximum atomic E-state index is 12.2. The molecular weight excluding hydrogens is 397 g/mol. The molecule has 1 aromatic rings. The first-order chi connectivity index (χ1) is 10.4. The van der Waals surface area contributed by atoms with Crippen LogP contribution in [0.5, 0.6) is 0 Å². The van der Waals surface area contributed by atoms with Crippen molar-refractivity contribution in [1.29, 1.82) is 0 Å². The van der Waals surface area contributed by atoms with Crippen molar-refractivity contribution < 1.29 is 14.4 Å². The molecule has 0 bridgehead atoms. The van der Waals surface area contributed by atoms with E-state index in [4.69, 9.17) is 0 Å². The summed E-state index contributed by atoms with van der Waals surface area (Å²) in [6.45, 7) is 3.68. The van der Waals surface area contributed by atoms with E-state index in [1.807, 2.05) is 32.0 Å². The first-order valence-corrected chi connectivity index (χ1v) is 8.12. The van der Waals surface area contributed by atoms with Gasteiger partial charge in [0.15, 0.2) is 0 Å². The van der Waals surface area contributed by atoms with Crippen molar-refractivity contribution in [2.24, 2.45) is 5.92 Å². The molecule has 0 aliphatic carbocycles. The predicted octanol–water partition coefficient (Wildman–Crippen LogP) is 2.20. The summed E-state index contributed by atoms with van der Waals surface area (Å²) in [4.78, 5) is 37.0. The number of hydrogen-bond donors (Lipinski definition) is 2. The molecule has 1 heterocycles. The number of amides is 4.